The minimum absolute atomic E-state index is 0.0649. The van der Waals surface area contributed by atoms with E-state index in [-0.39, 0.29) is 23.3 Å². The number of benzene rings is 1. The molecule has 8 heteroatoms. The number of nitrogens with one attached hydrogen (secondary N) is 1. The monoisotopic (exact) mass is 339 g/mol. The van der Waals surface area contributed by atoms with Crippen molar-refractivity contribution >= 4 is 5.91 Å². The number of rotatable bonds is 3. The first-order chi connectivity index (χ1) is 11.4. The highest BCUT2D eigenvalue weighted by Crippen LogP contribution is 2.30. The molecule has 5 nitrogen and oxygen atoms in total. The average molecular weight is 339 g/mol. The quantitative estimate of drug-likeness (QED) is 0.936. The van der Waals surface area contributed by atoms with Crippen molar-refractivity contribution in [3.05, 3.63) is 47.8 Å². The second-order valence-electron chi connectivity index (χ2n) is 5.58. The number of hydrogen-bond donors (Lipinski definition) is 1. The van der Waals surface area contributed by atoms with Crippen molar-refractivity contribution in [2.75, 3.05) is 13.2 Å². The number of alkyl halides is 3. The molecule has 1 aromatic heterocycles. The number of aromatic nitrogens is 2. The fourth-order valence-electron chi connectivity index (χ4n) is 2.53. The van der Waals surface area contributed by atoms with Crippen molar-refractivity contribution < 1.29 is 22.7 Å². The summed E-state index contributed by atoms with van der Waals surface area (Å²) < 4.78 is 44.9. The van der Waals surface area contributed by atoms with E-state index in [2.05, 4.69) is 10.4 Å². The summed E-state index contributed by atoms with van der Waals surface area (Å²) >= 11 is 0. The van der Waals surface area contributed by atoms with Gasteiger partial charge in [-0.1, -0.05) is 6.07 Å². The standard InChI is InChI=1S/C16H16F3N3O2/c17-16(18,19)11-3-1-5-13(9-11)22-7-6-14(21-22)15(23)20-12-4-2-8-24-10-12/h1,3,5-7,9,12H,2,4,8,10H2,(H,20,23)/t12-/m0/s1. The number of amides is 1. The topological polar surface area (TPSA) is 56.1 Å². The van der Waals surface area contributed by atoms with Gasteiger partial charge in [0.25, 0.3) is 5.91 Å². The Hall–Kier alpha value is -2.35. The molecular formula is C16H16F3N3O2. The predicted molar refractivity (Wildman–Crippen MR) is 79.9 cm³/mol. The van der Waals surface area contributed by atoms with Crippen LogP contribution in [-0.2, 0) is 10.9 Å². The van der Waals surface area contributed by atoms with Gasteiger partial charge in [0.1, 0.15) is 0 Å². The maximum atomic E-state index is 12.8. The number of hydrogen-bond acceptors (Lipinski definition) is 3. The molecule has 0 unspecified atom stereocenters. The molecular weight excluding hydrogens is 323 g/mol. The number of ether oxygens (including phenoxy) is 1. The summed E-state index contributed by atoms with van der Waals surface area (Å²) in [7, 11) is 0. The largest absolute Gasteiger partial charge is 0.416 e. The van der Waals surface area contributed by atoms with E-state index in [4.69, 9.17) is 4.74 Å². The van der Waals surface area contributed by atoms with Crippen LogP contribution in [0, 0.1) is 0 Å². The first-order valence-electron chi connectivity index (χ1n) is 7.55. The van der Waals surface area contributed by atoms with Crippen LogP contribution in [-0.4, -0.2) is 34.9 Å². The Morgan fingerprint density at radius 3 is 2.88 bits per heavy atom. The highest BCUT2D eigenvalue weighted by Gasteiger charge is 2.30. The van der Waals surface area contributed by atoms with Gasteiger partial charge in [0.15, 0.2) is 5.69 Å². The molecule has 2 heterocycles. The lowest BCUT2D eigenvalue weighted by Crippen LogP contribution is -2.40. The van der Waals surface area contributed by atoms with E-state index in [0.29, 0.717) is 13.2 Å². The third-order valence-corrected chi connectivity index (χ3v) is 3.76. The molecule has 24 heavy (non-hydrogen) atoms. The zero-order valence-corrected chi connectivity index (χ0v) is 12.7. The Morgan fingerprint density at radius 1 is 1.33 bits per heavy atom. The molecule has 0 aliphatic carbocycles. The van der Waals surface area contributed by atoms with E-state index in [1.807, 2.05) is 0 Å². The highest BCUT2D eigenvalue weighted by atomic mass is 19.4. The minimum Gasteiger partial charge on any atom is -0.379 e. The molecule has 0 saturated carbocycles. The van der Waals surface area contributed by atoms with Crippen LogP contribution in [0.4, 0.5) is 13.2 Å². The summed E-state index contributed by atoms with van der Waals surface area (Å²) in [5.74, 6) is -0.365. The minimum atomic E-state index is -4.43. The molecule has 1 aromatic carbocycles. The van der Waals surface area contributed by atoms with Crippen molar-refractivity contribution in [2.45, 2.75) is 25.1 Å². The normalized spacial score (nSPS) is 18.4. The molecule has 2 aromatic rings. The third-order valence-electron chi connectivity index (χ3n) is 3.76. The van der Waals surface area contributed by atoms with Crippen LogP contribution in [0.2, 0.25) is 0 Å². The molecule has 0 radical (unpaired) electrons. The zero-order valence-electron chi connectivity index (χ0n) is 12.7. The van der Waals surface area contributed by atoms with Gasteiger partial charge in [-0.3, -0.25) is 4.79 Å². The summed E-state index contributed by atoms with van der Waals surface area (Å²) in [6.07, 6.45) is -1.25. The molecule has 1 atom stereocenters. The van der Waals surface area contributed by atoms with E-state index in [0.717, 1.165) is 25.0 Å². The molecule has 3 rings (SSSR count). The predicted octanol–water partition coefficient (Wildman–Crippen LogP) is 2.80. The SMILES string of the molecule is O=C(N[C@H]1CCCOC1)c1ccn(-c2cccc(C(F)(F)F)c2)n1. The number of carbonyl (C=O) groups excluding carboxylic acids is 1. The van der Waals surface area contributed by atoms with Crippen LogP contribution in [0.25, 0.3) is 5.69 Å². The second kappa shape index (κ2) is 6.64. The summed E-state index contributed by atoms with van der Waals surface area (Å²) in [6, 6.07) is 6.19. The smallest absolute Gasteiger partial charge is 0.379 e. The average Bonchev–Trinajstić information content (AvgIpc) is 3.05. The molecule has 0 bridgehead atoms. The van der Waals surface area contributed by atoms with E-state index >= 15 is 0 Å². The Bertz CT molecular complexity index is 721. The molecule has 1 saturated heterocycles. The molecule has 0 spiro atoms. The van der Waals surface area contributed by atoms with Crippen LogP contribution >= 0.6 is 0 Å². The number of halogens is 3. The maximum Gasteiger partial charge on any atom is 0.416 e. The van der Waals surface area contributed by atoms with Crippen molar-refractivity contribution in [1.82, 2.24) is 15.1 Å². The van der Waals surface area contributed by atoms with E-state index in [1.165, 1.54) is 29.1 Å². The second-order valence-corrected chi connectivity index (χ2v) is 5.58. The van der Waals surface area contributed by atoms with Gasteiger partial charge in [0.05, 0.1) is 23.9 Å². The van der Waals surface area contributed by atoms with Gasteiger partial charge < -0.3 is 10.1 Å². The van der Waals surface area contributed by atoms with Crippen LogP contribution in [0.1, 0.15) is 28.9 Å². The molecule has 1 N–H and O–H groups in total. The van der Waals surface area contributed by atoms with Gasteiger partial charge in [-0.25, -0.2) is 4.68 Å². The van der Waals surface area contributed by atoms with Gasteiger partial charge in [0.2, 0.25) is 0 Å². The third kappa shape index (κ3) is 3.76. The summed E-state index contributed by atoms with van der Waals surface area (Å²) in [4.78, 5) is 12.2. The molecule has 1 amide bonds. The fourth-order valence-corrected chi connectivity index (χ4v) is 2.53. The van der Waals surface area contributed by atoms with Gasteiger partial charge in [-0.15, -0.1) is 0 Å². The first kappa shape index (κ1) is 16.5. The molecule has 128 valence electrons. The van der Waals surface area contributed by atoms with Crippen molar-refractivity contribution in [3.63, 3.8) is 0 Å². The zero-order chi connectivity index (χ0) is 17.2. The molecule has 1 aliphatic heterocycles. The molecule has 1 fully saturated rings. The van der Waals surface area contributed by atoms with Gasteiger partial charge in [-0.05, 0) is 37.1 Å². The lowest BCUT2D eigenvalue weighted by molar-refractivity contribution is -0.137. The van der Waals surface area contributed by atoms with Crippen LogP contribution < -0.4 is 5.32 Å². The number of nitrogens with zero attached hydrogens (tertiary/aromatic N) is 2. The lowest BCUT2D eigenvalue weighted by atomic mass is 10.1. The van der Waals surface area contributed by atoms with Crippen molar-refractivity contribution in [1.29, 1.82) is 0 Å². The summed E-state index contributed by atoms with van der Waals surface area (Å²) in [5, 5.41) is 6.88. The summed E-state index contributed by atoms with van der Waals surface area (Å²) in [5.41, 5.74) is -0.372. The van der Waals surface area contributed by atoms with Gasteiger partial charge in [-0.2, -0.15) is 18.3 Å². The van der Waals surface area contributed by atoms with E-state index < -0.39 is 11.7 Å². The maximum absolute atomic E-state index is 12.8. The van der Waals surface area contributed by atoms with Crippen LogP contribution in [0.3, 0.4) is 0 Å². The Kier molecular flexibility index (Phi) is 4.57. The highest BCUT2D eigenvalue weighted by molar-refractivity contribution is 5.92. The van der Waals surface area contributed by atoms with Crippen LogP contribution in [0.15, 0.2) is 36.5 Å². The Morgan fingerprint density at radius 2 is 2.17 bits per heavy atom. The Labute approximate surface area is 136 Å². The number of carbonyl (C=O) groups is 1. The van der Waals surface area contributed by atoms with E-state index in [9.17, 15) is 18.0 Å². The summed E-state index contributed by atoms with van der Waals surface area (Å²) in [6.45, 7) is 1.15. The molecule has 1 aliphatic rings. The van der Waals surface area contributed by atoms with Crippen LogP contribution in [0.5, 0.6) is 0 Å². The first-order valence-corrected chi connectivity index (χ1v) is 7.55. The Balaban J connectivity index is 1.74. The fraction of sp³-hybridized carbons (Fsp3) is 0.375. The van der Waals surface area contributed by atoms with Gasteiger partial charge in [0, 0.05) is 12.8 Å². The van der Waals surface area contributed by atoms with Crippen molar-refractivity contribution in [3.8, 4) is 5.69 Å². The van der Waals surface area contributed by atoms with Gasteiger partial charge >= 0.3 is 6.18 Å². The van der Waals surface area contributed by atoms with E-state index in [1.54, 1.807) is 0 Å². The van der Waals surface area contributed by atoms with Crippen molar-refractivity contribution in [2.24, 2.45) is 0 Å². The lowest BCUT2D eigenvalue weighted by Gasteiger charge is -2.22.